The Morgan fingerprint density at radius 1 is 1.29 bits per heavy atom. The maximum absolute atomic E-state index is 5.79. The van der Waals surface area contributed by atoms with Crippen LogP contribution in [0.2, 0.25) is 0 Å². The summed E-state index contributed by atoms with van der Waals surface area (Å²) in [6.07, 6.45) is 0. The van der Waals surface area contributed by atoms with Crippen LogP contribution >= 0.6 is 15.9 Å². The minimum atomic E-state index is 0.590. The van der Waals surface area contributed by atoms with Crippen LogP contribution in [-0.2, 0) is 11.3 Å². The van der Waals surface area contributed by atoms with Crippen LogP contribution in [0.4, 0.5) is 0 Å². The summed E-state index contributed by atoms with van der Waals surface area (Å²) < 4.78 is 12.1. The summed E-state index contributed by atoms with van der Waals surface area (Å²) >= 11 is 3.50. The molecule has 17 heavy (non-hydrogen) atoms. The van der Waals surface area contributed by atoms with Crippen molar-refractivity contribution in [2.24, 2.45) is 0 Å². The van der Waals surface area contributed by atoms with Gasteiger partial charge in [-0.05, 0) is 38.6 Å². The highest BCUT2D eigenvalue weighted by molar-refractivity contribution is 9.10. The number of ether oxygens (including phenoxy) is 2. The highest BCUT2D eigenvalue weighted by Crippen LogP contribution is 2.28. The minimum absolute atomic E-state index is 0.590. The summed E-state index contributed by atoms with van der Waals surface area (Å²) in [7, 11) is 1.93. The maximum atomic E-state index is 5.79. The molecule has 0 atom stereocenters. The normalized spacial score (nSPS) is 10.6. The molecule has 0 spiro atoms. The second kappa shape index (κ2) is 7.69. The molecule has 3 nitrogen and oxygen atoms in total. The van der Waals surface area contributed by atoms with E-state index in [0.29, 0.717) is 13.2 Å². The van der Waals surface area contributed by atoms with E-state index in [1.165, 1.54) is 0 Å². The number of rotatable bonds is 7. The van der Waals surface area contributed by atoms with Crippen molar-refractivity contribution in [2.75, 3.05) is 26.9 Å². The van der Waals surface area contributed by atoms with Crippen LogP contribution in [-0.4, -0.2) is 26.9 Å². The van der Waals surface area contributed by atoms with Gasteiger partial charge in [-0.2, -0.15) is 0 Å². The van der Waals surface area contributed by atoms with Crippen molar-refractivity contribution in [3.63, 3.8) is 0 Å². The largest absolute Gasteiger partial charge is 0.491 e. The smallest absolute Gasteiger partial charge is 0.126 e. The molecule has 0 fully saturated rings. The molecule has 0 bridgehead atoms. The summed E-state index contributed by atoms with van der Waals surface area (Å²) in [5.41, 5.74) is 2.30. The lowest BCUT2D eigenvalue weighted by Crippen LogP contribution is -2.12. The Morgan fingerprint density at radius 3 is 2.71 bits per heavy atom. The van der Waals surface area contributed by atoms with Gasteiger partial charge >= 0.3 is 0 Å². The van der Waals surface area contributed by atoms with Crippen molar-refractivity contribution in [1.82, 2.24) is 5.32 Å². The van der Waals surface area contributed by atoms with E-state index in [0.717, 1.165) is 34.5 Å². The number of hydrogen-bond donors (Lipinski definition) is 1. The zero-order chi connectivity index (χ0) is 12.7. The highest BCUT2D eigenvalue weighted by Gasteiger charge is 2.08. The summed E-state index contributed by atoms with van der Waals surface area (Å²) in [5.74, 6) is 0.960. The first-order valence-corrected chi connectivity index (χ1v) is 6.62. The standard InChI is InChI=1S/C13H20BrNO2/c1-4-16-5-6-17-13-10(2)7-12(14)8-11(13)9-15-3/h7-8,15H,4-6,9H2,1-3H3. The number of benzene rings is 1. The summed E-state index contributed by atoms with van der Waals surface area (Å²) in [6.45, 7) is 6.78. The van der Waals surface area contributed by atoms with Crippen molar-refractivity contribution in [1.29, 1.82) is 0 Å². The van der Waals surface area contributed by atoms with E-state index in [1.807, 2.05) is 14.0 Å². The van der Waals surface area contributed by atoms with Crippen LogP contribution in [0.3, 0.4) is 0 Å². The SMILES string of the molecule is CCOCCOc1c(C)cc(Br)cc1CNC. The molecule has 0 unspecified atom stereocenters. The molecule has 0 saturated heterocycles. The Kier molecular flexibility index (Phi) is 6.55. The van der Waals surface area contributed by atoms with Gasteiger partial charge in [0.2, 0.25) is 0 Å². The monoisotopic (exact) mass is 301 g/mol. The zero-order valence-electron chi connectivity index (χ0n) is 10.7. The van der Waals surface area contributed by atoms with Gasteiger partial charge in [0.1, 0.15) is 12.4 Å². The second-order valence-electron chi connectivity index (χ2n) is 3.79. The lowest BCUT2D eigenvalue weighted by Gasteiger charge is -2.14. The molecule has 0 radical (unpaired) electrons. The van der Waals surface area contributed by atoms with Gasteiger partial charge in [-0.15, -0.1) is 0 Å². The van der Waals surface area contributed by atoms with Crippen molar-refractivity contribution in [3.05, 3.63) is 27.7 Å². The first-order valence-electron chi connectivity index (χ1n) is 5.83. The molecule has 0 aromatic heterocycles. The number of aryl methyl sites for hydroxylation is 1. The average molecular weight is 302 g/mol. The molecule has 1 N–H and O–H groups in total. The van der Waals surface area contributed by atoms with Crippen LogP contribution in [0.5, 0.6) is 5.75 Å². The van der Waals surface area contributed by atoms with Crippen LogP contribution in [0.15, 0.2) is 16.6 Å². The predicted molar refractivity (Wildman–Crippen MR) is 73.6 cm³/mol. The first-order chi connectivity index (χ1) is 8.19. The van der Waals surface area contributed by atoms with Crippen molar-refractivity contribution in [2.45, 2.75) is 20.4 Å². The molecular weight excluding hydrogens is 282 g/mol. The Labute approximate surface area is 112 Å². The molecule has 0 heterocycles. The van der Waals surface area contributed by atoms with Crippen molar-refractivity contribution < 1.29 is 9.47 Å². The quantitative estimate of drug-likeness (QED) is 0.786. The lowest BCUT2D eigenvalue weighted by molar-refractivity contribution is 0.109. The Hall–Kier alpha value is -0.580. The van der Waals surface area contributed by atoms with E-state index in [9.17, 15) is 0 Å². The molecule has 1 aromatic carbocycles. The topological polar surface area (TPSA) is 30.5 Å². The Morgan fingerprint density at radius 2 is 2.06 bits per heavy atom. The highest BCUT2D eigenvalue weighted by atomic mass is 79.9. The maximum Gasteiger partial charge on any atom is 0.126 e. The van der Waals surface area contributed by atoms with Crippen LogP contribution in [0.25, 0.3) is 0 Å². The molecule has 1 rings (SSSR count). The van der Waals surface area contributed by atoms with Gasteiger partial charge in [0.15, 0.2) is 0 Å². The van der Waals surface area contributed by atoms with E-state index in [1.54, 1.807) is 0 Å². The van der Waals surface area contributed by atoms with Crippen LogP contribution in [0, 0.1) is 6.92 Å². The third-order valence-electron chi connectivity index (χ3n) is 2.36. The molecular formula is C13H20BrNO2. The third kappa shape index (κ3) is 4.66. The van der Waals surface area contributed by atoms with Gasteiger partial charge < -0.3 is 14.8 Å². The minimum Gasteiger partial charge on any atom is -0.491 e. The van der Waals surface area contributed by atoms with Crippen LogP contribution < -0.4 is 10.1 Å². The van der Waals surface area contributed by atoms with E-state index in [-0.39, 0.29) is 0 Å². The fourth-order valence-corrected chi connectivity index (χ4v) is 2.29. The number of halogens is 1. The zero-order valence-corrected chi connectivity index (χ0v) is 12.3. The van der Waals surface area contributed by atoms with Gasteiger partial charge in [-0.25, -0.2) is 0 Å². The van der Waals surface area contributed by atoms with Gasteiger partial charge in [0.05, 0.1) is 6.61 Å². The average Bonchev–Trinajstić information content (AvgIpc) is 2.27. The van der Waals surface area contributed by atoms with Crippen molar-refractivity contribution in [3.8, 4) is 5.75 Å². The Bertz CT molecular complexity index is 356. The van der Waals surface area contributed by atoms with Crippen LogP contribution in [0.1, 0.15) is 18.1 Å². The molecule has 0 saturated carbocycles. The van der Waals surface area contributed by atoms with Crippen molar-refractivity contribution >= 4 is 15.9 Å². The molecule has 96 valence electrons. The molecule has 0 aliphatic carbocycles. The predicted octanol–water partition coefficient (Wildman–Crippen LogP) is 2.89. The van der Waals surface area contributed by atoms with E-state index < -0.39 is 0 Å². The third-order valence-corrected chi connectivity index (χ3v) is 2.82. The molecule has 0 aliphatic heterocycles. The first kappa shape index (κ1) is 14.5. The van der Waals surface area contributed by atoms with Gasteiger partial charge in [0, 0.05) is 23.2 Å². The second-order valence-corrected chi connectivity index (χ2v) is 4.70. The van der Waals surface area contributed by atoms with Gasteiger partial charge in [-0.3, -0.25) is 0 Å². The molecule has 4 heteroatoms. The van der Waals surface area contributed by atoms with E-state index in [2.05, 4.69) is 40.3 Å². The summed E-state index contributed by atoms with van der Waals surface area (Å²) in [6, 6.07) is 4.15. The number of hydrogen-bond acceptors (Lipinski definition) is 3. The van der Waals surface area contributed by atoms with E-state index >= 15 is 0 Å². The molecule has 1 aromatic rings. The summed E-state index contributed by atoms with van der Waals surface area (Å²) in [5, 5.41) is 3.15. The Balaban J connectivity index is 2.73. The molecule has 0 amide bonds. The number of nitrogens with one attached hydrogen (secondary N) is 1. The lowest BCUT2D eigenvalue weighted by atomic mass is 10.1. The van der Waals surface area contributed by atoms with E-state index in [4.69, 9.17) is 9.47 Å². The fourth-order valence-electron chi connectivity index (χ4n) is 1.67. The fraction of sp³-hybridized carbons (Fsp3) is 0.538. The van der Waals surface area contributed by atoms with Gasteiger partial charge in [-0.1, -0.05) is 15.9 Å². The molecule has 0 aliphatic rings. The summed E-state index contributed by atoms with van der Waals surface area (Å²) in [4.78, 5) is 0. The van der Waals surface area contributed by atoms with Gasteiger partial charge in [0.25, 0.3) is 0 Å².